The fraction of sp³-hybridized carbons (Fsp3) is 0.524. The van der Waals surface area contributed by atoms with Crippen molar-refractivity contribution < 1.29 is 4.79 Å². The van der Waals surface area contributed by atoms with Crippen LogP contribution in [0.4, 0.5) is 5.82 Å². The summed E-state index contributed by atoms with van der Waals surface area (Å²) in [7, 11) is 1.92. The van der Waals surface area contributed by atoms with Gasteiger partial charge in [-0.2, -0.15) is 0 Å². The van der Waals surface area contributed by atoms with E-state index in [0.29, 0.717) is 5.82 Å². The first-order valence-electron chi connectivity index (χ1n) is 9.64. The van der Waals surface area contributed by atoms with E-state index < -0.39 is 0 Å². The minimum Gasteiger partial charge on any atom is -0.350 e. The number of fused-ring (bicyclic) bond motifs is 1. The third-order valence-electron chi connectivity index (χ3n) is 4.63. The molecule has 2 aromatic rings. The molecule has 0 unspecified atom stereocenters. The summed E-state index contributed by atoms with van der Waals surface area (Å²) < 4.78 is 0. The molecule has 6 heteroatoms. The van der Waals surface area contributed by atoms with Crippen molar-refractivity contribution in [3.63, 3.8) is 0 Å². The lowest BCUT2D eigenvalue weighted by atomic mass is 10.1. The van der Waals surface area contributed by atoms with Crippen LogP contribution in [0.25, 0.3) is 11.5 Å². The van der Waals surface area contributed by atoms with E-state index in [1.54, 1.807) is 0 Å². The first-order valence-corrected chi connectivity index (χ1v) is 9.64. The fourth-order valence-corrected chi connectivity index (χ4v) is 3.41. The van der Waals surface area contributed by atoms with Gasteiger partial charge >= 0.3 is 0 Å². The zero-order valence-corrected chi connectivity index (χ0v) is 17.0. The molecule has 27 heavy (non-hydrogen) atoms. The highest BCUT2D eigenvalue weighted by Crippen LogP contribution is 2.30. The molecule has 1 amide bonds. The van der Waals surface area contributed by atoms with E-state index in [-0.39, 0.29) is 18.0 Å². The summed E-state index contributed by atoms with van der Waals surface area (Å²) in [5, 5.41) is 3.01. The lowest BCUT2D eigenvalue weighted by Gasteiger charge is -2.25. The number of nitrogens with one attached hydrogen (secondary N) is 1. The number of amides is 1. The number of aryl methyl sites for hydroxylation is 2. The largest absolute Gasteiger partial charge is 0.350 e. The number of likely N-dealkylation sites (N-methyl/N-ethyl adjacent to an activating group) is 1. The molecule has 0 saturated carbocycles. The van der Waals surface area contributed by atoms with Gasteiger partial charge in [0.25, 0.3) is 0 Å². The van der Waals surface area contributed by atoms with E-state index in [4.69, 9.17) is 9.97 Å². The van der Waals surface area contributed by atoms with Gasteiger partial charge in [0, 0.05) is 30.0 Å². The van der Waals surface area contributed by atoms with Crippen LogP contribution in [0, 0.1) is 0 Å². The van der Waals surface area contributed by atoms with Gasteiger partial charge < -0.3 is 10.2 Å². The van der Waals surface area contributed by atoms with Gasteiger partial charge in [0.2, 0.25) is 5.91 Å². The highest BCUT2D eigenvalue weighted by atomic mass is 16.2. The summed E-state index contributed by atoms with van der Waals surface area (Å²) in [6.45, 7) is 8.34. The van der Waals surface area contributed by atoms with E-state index >= 15 is 0 Å². The molecule has 1 aliphatic carbocycles. The van der Waals surface area contributed by atoms with E-state index in [1.165, 1.54) is 5.56 Å². The molecule has 144 valence electrons. The SMILES string of the molecule is CCc1ccnc(-c2nc3c(c(N(C)CC(=O)NC(C)(C)C)n2)CCC3)c1. The summed E-state index contributed by atoms with van der Waals surface area (Å²) in [6, 6.07) is 4.06. The Morgan fingerprint density at radius 2 is 2.04 bits per heavy atom. The highest BCUT2D eigenvalue weighted by molar-refractivity contribution is 5.82. The molecule has 0 aromatic carbocycles. The molecule has 3 rings (SSSR count). The lowest BCUT2D eigenvalue weighted by molar-refractivity contribution is -0.121. The molecule has 0 bridgehead atoms. The number of carbonyl (C=O) groups is 1. The zero-order valence-electron chi connectivity index (χ0n) is 17.0. The number of pyridine rings is 1. The Bertz CT molecular complexity index is 841. The molecule has 0 saturated heterocycles. The molecule has 0 aliphatic heterocycles. The number of hydrogen-bond acceptors (Lipinski definition) is 5. The summed E-state index contributed by atoms with van der Waals surface area (Å²) in [5.74, 6) is 1.48. The molecule has 0 fully saturated rings. The third kappa shape index (κ3) is 4.62. The topological polar surface area (TPSA) is 71.0 Å². The molecule has 2 aromatic heterocycles. The minimum atomic E-state index is -0.249. The zero-order chi connectivity index (χ0) is 19.6. The maximum Gasteiger partial charge on any atom is 0.239 e. The van der Waals surface area contributed by atoms with Crippen molar-refractivity contribution in [3.05, 3.63) is 35.2 Å². The Kier molecular flexibility index (Phi) is 5.44. The summed E-state index contributed by atoms with van der Waals surface area (Å²) in [6.07, 6.45) is 5.74. The maximum atomic E-state index is 12.4. The van der Waals surface area contributed by atoms with Crippen molar-refractivity contribution in [2.45, 2.75) is 58.9 Å². The number of anilines is 1. The molecule has 0 radical (unpaired) electrons. The second kappa shape index (κ2) is 7.62. The quantitative estimate of drug-likeness (QED) is 0.880. The molecule has 1 aliphatic rings. The van der Waals surface area contributed by atoms with Crippen molar-refractivity contribution in [2.24, 2.45) is 0 Å². The first-order chi connectivity index (χ1) is 12.8. The van der Waals surface area contributed by atoms with Crippen LogP contribution in [-0.4, -0.2) is 40.0 Å². The van der Waals surface area contributed by atoms with Crippen molar-refractivity contribution in [2.75, 3.05) is 18.5 Å². The van der Waals surface area contributed by atoms with E-state index in [2.05, 4.69) is 17.2 Å². The smallest absolute Gasteiger partial charge is 0.239 e. The van der Waals surface area contributed by atoms with Crippen LogP contribution in [0.15, 0.2) is 18.3 Å². The molecule has 1 N–H and O–H groups in total. The van der Waals surface area contributed by atoms with Gasteiger partial charge in [0.05, 0.1) is 6.54 Å². The highest BCUT2D eigenvalue weighted by Gasteiger charge is 2.24. The number of rotatable bonds is 5. The van der Waals surface area contributed by atoms with Crippen LogP contribution < -0.4 is 10.2 Å². The fourth-order valence-electron chi connectivity index (χ4n) is 3.41. The predicted octanol–water partition coefficient (Wildman–Crippen LogP) is 2.94. The van der Waals surface area contributed by atoms with Crippen LogP contribution in [0.1, 0.15) is 50.9 Å². The second-order valence-corrected chi connectivity index (χ2v) is 8.21. The predicted molar refractivity (Wildman–Crippen MR) is 108 cm³/mol. The lowest BCUT2D eigenvalue weighted by Crippen LogP contribution is -2.45. The normalized spacial score (nSPS) is 13.4. The van der Waals surface area contributed by atoms with E-state index in [9.17, 15) is 4.79 Å². The number of aromatic nitrogens is 3. The number of nitrogens with zero attached hydrogens (tertiary/aromatic N) is 4. The van der Waals surface area contributed by atoms with Crippen molar-refractivity contribution in [3.8, 4) is 11.5 Å². The molecular weight excluding hydrogens is 338 g/mol. The molecule has 0 atom stereocenters. The van der Waals surface area contributed by atoms with Gasteiger partial charge in [-0.3, -0.25) is 9.78 Å². The molecule has 2 heterocycles. The summed E-state index contributed by atoms with van der Waals surface area (Å²) in [5.41, 5.74) is 4.00. The average Bonchev–Trinajstić information content (AvgIpc) is 3.07. The minimum absolute atomic E-state index is 0.0111. The average molecular weight is 367 g/mol. The summed E-state index contributed by atoms with van der Waals surface area (Å²) >= 11 is 0. The van der Waals surface area contributed by atoms with Gasteiger partial charge in [0.15, 0.2) is 5.82 Å². The molecular formula is C21H29N5O. The van der Waals surface area contributed by atoms with Crippen LogP contribution in [0.3, 0.4) is 0 Å². The first kappa shape index (κ1) is 19.3. The van der Waals surface area contributed by atoms with Gasteiger partial charge in [-0.15, -0.1) is 0 Å². The Morgan fingerprint density at radius 1 is 1.26 bits per heavy atom. The molecule has 0 spiro atoms. The number of carbonyl (C=O) groups excluding carboxylic acids is 1. The standard InChI is InChI=1S/C21H29N5O/c1-6-14-10-11-22-17(12-14)19-23-16-9-7-8-15(16)20(24-19)26(5)13-18(27)25-21(2,3)4/h10-12H,6-9,13H2,1-5H3,(H,25,27). The van der Waals surface area contributed by atoms with Gasteiger partial charge in [-0.1, -0.05) is 6.92 Å². The third-order valence-corrected chi connectivity index (χ3v) is 4.63. The van der Waals surface area contributed by atoms with Crippen LogP contribution >= 0.6 is 0 Å². The Balaban J connectivity index is 1.93. The Labute approximate surface area is 161 Å². The monoisotopic (exact) mass is 367 g/mol. The molecule has 6 nitrogen and oxygen atoms in total. The maximum absolute atomic E-state index is 12.4. The van der Waals surface area contributed by atoms with E-state index in [0.717, 1.165) is 48.5 Å². The van der Waals surface area contributed by atoms with Crippen molar-refractivity contribution in [1.29, 1.82) is 0 Å². The summed E-state index contributed by atoms with van der Waals surface area (Å²) in [4.78, 5) is 28.4. The van der Waals surface area contributed by atoms with E-state index in [1.807, 2.05) is 51.0 Å². The van der Waals surface area contributed by atoms with Crippen molar-refractivity contribution >= 4 is 11.7 Å². The number of hydrogen-bond donors (Lipinski definition) is 1. The van der Waals surface area contributed by atoms with Gasteiger partial charge in [-0.25, -0.2) is 9.97 Å². The van der Waals surface area contributed by atoms with Crippen molar-refractivity contribution in [1.82, 2.24) is 20.3 Å². The van der Waals surface area contributed by atoms with Crippen LogP contribution in [0.5, 0.6) is 0 Å². The Hall–Kier alpha value is -2.50. The van der Waals surface area contributed by atoms with Crippen LogP contribution in [-0.2, 0) is 24.1 Å². The van der Waals surface area contributed by atoms with Gasteiger partial charge in [0.1, 0.15) is 11.5 Å². The second-order valence-electron chi connectivity index (χ2n) is 8.21. The van der Waals surface area contributed by atoms with Gasteiger partial charge in [-0.05, 0) is 64.2 Å². The Morgan fingerprint density at radius 3 is 2.74 bits per heavy atom. The van der Waals surface area contributed by atoms with Crippen LogP contribution in [0.2, 0.25) is 0 Å².